The number of hydrogen-bond donors (Lipinski definition) is 2. The van der Waals surface area contributed by atoms with Crippen molar-refractivity contribution >= 4 is 23.3 Å². The zero-order valence-corrected chi connectivity index (χ0v) is 13.0. The van der Waals surface area contributed by atoms with Crippen LogP contribution in [-0.4, -0.2) is 31.7 Å². The first-order valence-corrected chi connectivity index (χ1v) is 7.60. The molecule has 0 fully saturated rings. The van der Waals surface area contributed by atoms with Gasteiger partial charge in [0.2, 0.25) is 0 Å². The molecule has 0 aliphatic heterocycles. The maximum atomic E-state index is 9.55. The van der Waals surface area contributed by atoms with Crippen molar-refractivity contribution in [2.75, 3.05) is 0 Å². The predicted molar refractivity (Wildman–Crippen MR) is 84.0 cm³/mol. The summed E-state index contributed by atoms with van der Waals surface area (Å²) in [6, 6.07) is 0. The lowest BCUT2D eigenvalue weighted by Crippen LogP contribution is -1.99. The van der Waals surface area contributed by atoms with Gasteiger partial charge < -0.3 is 14.8 Å². The Morgan fingerprint density at radius 1 is 1.23 bits per heavy atom. The van der Waals surface area contributed by atoms with Crippen LogP contribution in [0.15, 0.2) is 41.6 Å². The second-order valence-corrected chi connectivity index (χ2v) is 5.08. The monoisotopic (exact) mass is 322 g/mol. The summed E-state index contributed by atoms with van der Waals surface area (Å²) in [5.74, 6) is -2.51. The summed E-state index contributed by atoms with van der Waals surface area (Å²) >= 11 is 1.80. The summed E-state index contributed by atoms with van der Waals surface area (Å²) in [6.45, 7) is 3.24. The van der Waals surface area contributed by atoms with Gasteiger partial charge in [0.1, 0.15) is 0 Å². The number of aryl methyl sites for hydroxylation is 3. The van der Waals surface area contributed by atoms with Crippen LogP contribution in [0.5, 0.6) is 0 Å². The van der Waals surface area contributed by atoms with E-state index in [9.17, 15) is 9.59 Å². The van der Waals surface area contributed by atoms with Gasteiger partial charge >= 0.3 is 11.9 Å². The average molecular weight is 322 g/mol. The lowest BCUT2D eigenvalue weighted by Gasteiger charge is -2.02. The summed E-state index contributed by atoms with van der Waals surface area (Å²) in [6.07, 6.45) is 9.08. The average Bonchev–Trinajstić information content (AvgIpc) is 3.14. The minimum atomic E-state index is -1.26. The van der Waals surface area contributed by atoms with Gasteiger partial charge in [0.15, 0.2) is 0 Å². The highest BCUT2D eigenvalue weighted by Gasteiger charge is 2.01. The highest BCUT2D eigenvalue weighted by atomic mass is 32.1. The van der Waals surface area contributed by atoms with Gasteiger partial charge in [-0.05, 0) is 34.7 Å². The van der Waals surface area contributed by atoms with Crippen molar-refractivity contribution in [3.8, 4) is 0 Å². The molecule has 0 aliphatic rings. The number of rotatable bonds is 6. The number of carboxylic acids is 2. The first-order chi connectivity index (χ1) is 10.5. The molecule has 0 spiro atoms. The molecule has 0 amide bonds. The smallest absolute Gasteiger partial charge is 0.328 e. The molecule has 2 N–H and O–H groups in total. The van der Waals surface area contributed by atoms with Crippen LogP contribution >= 0.6 is 11.3 Å². The number of thiophene rings is 1. The number of hydrogen-bond acceptors (Lipinski definition) is 4. The van der Waals surface area contributed by atoms with Gasteiger partial charge in [0.25, 0.3) is 0 Å². The van der Waals surface area contributed by atoms with Crippen molar-refractivity contribution in [3.05, 3.63) is 52.8 Å². The molecular formula is C15H18N2O4S. The van der Waals surface area contributed by atoms with Crippen molar-refractivity contribution in [3.63, 3.8) is 0 Å². The van der Waals surface area contributed by atoms with E-state index in [-0.39, 0.29) is 0 Å². The van der Waals surface area contributed by atoms with Gasteiger partial charge in [-0.15, -0.1) is 0 Å². The van der Waals surface area contributed by atoms with E-state index in [0.29, 0.717) is 12.2 Å². The lowest BCUT2D eigenvalue weighted by molar-refractivity contribution is -0.134. The van der Waals surface area contributed by atoms with Crippen LogP contribution in [-0.2, 0) is 29.0 Å². The SMILES string of the molecule is CCc1cscc1CCn1ccnc1.O=C(O)/C=C/C(=O)O. The molecule has 0 saturated carbocycles. The van der Waals surface area contributed by atoms with Gasteiger partial charge in [-0.25, -0.2) is 14.6 Å². The van der Waals surface area contributed by atoms with Crippen molar-refractivity contribution in [2.45, 2.75) is 26.3 Å². The molecule has 0 radical (unpaired) electrons. The first-order valence-electron chi connectivity index (χ1n) is 6.66. The molecule has 22 heavy (non-hydrogen) atoms. The summed E-state index contributed by atoms with van der Waals surface area (Å²) in [4.78, 5) is 23.1. The summed E-state index contributed by atoms with van der Waals surface area (Å²) in [7, 11) is 0. The highest BCUT2D eigenvalue weighted by molar-refractivity contribution is 7.08. The Labute approximate surface area is 132 Å². The van der Waals surface area contributed by atoms with Crippen LogP contribution in [0.3, 0.4) is 0 Å². The van der Waals surface area contributed by atoms with E-state index in [1.807, 2.05) is 18.7 Å². The molecule has 118 valence electrons. The fourth-order valence-electron chi connectivity index (χ4n) is 1.69. The third kappa shape index (κ3) is 6.85. The van der Waals surface area contributed by atoms with E-state index in [0.717, 1.165) is 19.4 Å². The Kier molecular flexibility index (Phi) is 7.63. The summed E-state index contributed by atoms with van der Waals surface area (Å²) in [5, 5.41) is 20.1. The van der Waals surface area contributed by atoms with Crippen LogP contribution in [0, 0.1) is 0 Å². The van der Waals surface area contributed by atoms with E-state index in [4.69, 9.17) is 10.2 Å². The normalized spacial score (nSPS) is 10.2. The van der Waals surface area contributed by atoms with E-state index in [1.165, 1.54) is 11.1 Å². The maximum absolute atomic E-state index is 9.55. The van der Waals surface area contributed by atoms with Crippen molar-refractivity contribution in [1.82, 2.24) is 9.55 Å². The molecule has 2 aromatic rings. The number of nitrogens with zero attached hydrogens (tertiary/aromatic N) is 2. The standard InChI is InChI=1S/C11H14N2S.C4H4O4/c1-2-10-7-14-8-11(10)3-5-13-6-4-12-9-13;5-3(6)1-2-4(7)8/h4,6-9H,2-3,5H2,1H3;1-2H,(H,5,6)(H,7,8)/b;2-1+. The Morgan fingerprint density at radius 2 is 1.86 bits per heavy atom. The maximum Gasteiger partial charge on any atom is 0.328 e. The zero-order valence-electron chi connectivity index (χ0n) is 12.2. The van der Waals surface area contributed by atoms with Gasteiger partial charge in [-0.1, -0.05) is 6.92 Å². The second kappa shape index (κ2) is 9.51. The topological polar surface area (TPSA) is 92.4 Å². The molecule has 0 saturated heterocycles. The predicted octanol–water partition coefficient (Wildman–Crippen LogP) is 2.46. The zero-order chi connectivity index (χ0) is 16.4. The fraction of sp³-hybridized carbons (Fsp3) is 0.267. The van der Waals surface area contributed by atoms with Gasteiger partial charge in [0, 0.05) is 31.1 Å². The van der Waals surface area contributed by atoms with E-state index >= 15 is 0 Å². The molecule has 0 bridgehead atoms. The molecule has 0 aliphatic carbocycles. The van der Waals surface area contributed by atoms with Gasteiger partial charge in [-0.2, -0.15) is 11.3 Å². The van der Waals surface area contributed by atoms with Crippen LogP contribution in [0.4, 0.5) is 0 Å². The number of carboxylic acid groups (broad SMARTS) is 2. The largest absolute Gasteiger partial charge is 0.478 e. The summed E-state index contributed by atoms with van der Waals surface area (Å²) < 4.78 is 2.12. The van der Waals surface area contributed by atoms with Crippen LogP contribution < -0.4 is 0 Å². The molecule has 2 rings (SSSR count). The Bertz CT molecular complexity index is 601. The second-order valence-electron chi connectivity index (χ2n) is 4.34. The van der Waals surface area contributed by atoms with Gasteiger partial charge in [-0.3, -0.25) is 0 Å². The minimum Gasteiger partial charge on any atom is -0.478 e. The van der Waals surface area contributed by atoms with E-state index in [2.05, 4.69) is 27.2 Å². The molecule has 2 heterocycles. The molecule has 0 atom stereocenters. The van der Waals surface area contributed by atoms with Crippen LogP contribution in [0.1, 0.15) is 18.1 Å². The third-order valence-corrected chi connectivity index (χ3v) is 3.62. The molecule has 6 nitrogen and oxygen atoms in total. The third-order valence-electron chi connectivity index (χ3n) is 2.78. The number of aliphatic carboxylic acids is 2. The molecular weight excluding hydrogens is 304 g/mol. The molecule has 0 aromatic carbocycles. The quantitative estimate of drug-likeness (QED) is 0.797. The number of imidazole rings is 1. The Hall–Kier alpha value is -2.41. The number of aromatic nitrogens is 2. The summed E-state index contributed by atoms with van der Waals surface area (Å²) in [5.41, 5.74) is 2.99. The number of carbonyl (C=O) groups is 2. The van der Waals surface area contributed by atoms with Gasteiger partial charge in [0.05, 0.1) is 6.33 Å². The highest BCUT2D eigenvalue weighted by Crippen LogP contribution is 2.16. The van der Waals surface area contributed by atoms with Crippen molar-refractivity contribution in [1.29, 1.82) is 0 Å². The first kappa shape index (κ1) is 17.6. The molecule has 7 heteroatoms. The van der Waals surface area contributed by atoms with E-state index < -0.39 is 11.9 Å². The lowest BCUT2D eigenvalue weighted by atomic mass is 10.1. The van der Waals surface area contributed by atoms with E-state index in [1.54, 1.807) is 11.3 Å². The van der Waals surface area contributed by atoms with Crippen LogP contribution in [0.25, 0.3) is 0 Å². The molecule has 2 aromatic heterocycles. The van der Waals surface area contributed by atoms with Crippen molar-refractivity contribution in [2.24, 2.45) is 0 Å². The Morgan fingerprint density at radius 3 is 2.36 bits per heavy atom. The fourth-order valence-corrected chi connectivity index (χ4v) is 2.67. The Balaban J connectivity index is 0.000000261. The van der Waals surface area contributed by atoms with Crippen LogP contribution in [0.2, 0.25) is 0 Å². The molecule has 0 unspecified atom stereocenters. The minimum absolute atomic E-state index is 0.558. The van der Waals surface area contributed by atoms with Crippen molar-refractivity contribution < 1.29 is 19.8 Å².